The van der Waals surface area contributed by atoms with Crippen molar-refractivity contribution in [2.24, 2.45) is 0 Å². The van der Waals surface area contributed by atoms with Crippen molar-refractivity contribution in [1.29, 1.82) is 0 Å². The van der Waals surface area contributed by atoms with Gasteiger partial charge in [-0.25, -0.2) is 4.98 Å². The normalized spacial score (nSPS) is 14.2. The van der Waals surface area contributed by atoms with Crippen LogP contribution in [0.15, 0.2) is 48.5 Å². The van der Waals surface area contributed by atoms with Gasteiger partial charge in [0.2, 0.25) is 5.78 Å². The van der Waals surface area contributed by atoms with Crippen LogP contribution in [0.2, 0.25) is 0 Å². The first-order valence-corrected chi connectivity index (χ1v) is 11.1. The lowest BCUT2D eigenvalue weighted by Crippen LogP contribution is -2.23. The number of methoxy groups -OCH3 is 1. The highest BCUT2D eigenvalue weighted by Crippen LogP contribution is 2.36. The fourth-order valence-corrected chi connectivity index (χ4v) is 4.77. The lowest BCUT2D eigenvalue weighted by molar-refractivity contribution is -0.384. The molecule has 0 unspecified atom stereocenters. The maximum absolute atomic E-state index is 13.4. The van der Waals surface area contributed by atoms with E-state index in [0.717, 1.165) is 42.4 Å². The van der Waals surface area contributed by atoms with E-state index in [2.05, 4.69) is 4.90 Å². The second kappa shape index (κ2) is 9.26. The Labute approximate surface area is 184 Å². The Morgan fingerprint density at radius 2 is 1.68 bits per heavy atom. The SMILES string of the molecule is COc1ccc(-c2nc(N3CCCCCC3)sc2C(=O)c2ccc([N+](=O)[O-])cc2)cc1. The number of carbonyl (C=O) groups excluding carboxylic acids is 1. The lowest BCUT2D eigenvalue weighted by Gasteiger charge is -2.18. The Kier molecular flexibility index (Phi) is 6.27. The topological polar surface area (TPSA) is 85.6 Å². The zero-order chi connectivity index (χ0) is 21.8. The number of nitro groups is 1. The summed E-state index contributed by atoms with van der Waals surface area (Å²) in [6, 6.07) is 13.2. The van der Waals surface area contributed by atoms with Crippen molar-refractivity contribution < 1.29 is 14.5 Å². The molecule has 1 aromatic heterocycles. The van der Waals surface area contributed by atoms with E-state index in [1.165, 1.54) is 48.4 Å². The summed E-state index contributed by atoms with van der Waals surface area (Å²) in [5, 5.41) is 11.8. The Hall–Kier alpha value is -3.26. The van der Waals surface area contributed by atoms with Gasteiger partial charge in [-0.15, -0.1) is 0 Å². The van der Waals surface area contributed by atoms with Crippen molar-refractivity contribution >= 4 is 27.9 Å². The number of carbonyl (C=O) groups is 1. The van der Waals surface area contributed by atoms with E-state index < -0.39 is 4.92 Å². The summed E-state index contributed by atoms with van der Waals surface area (Å²) in [4.78, 5) is 31.5. The standard InChI is InChI=1S/C23H23N3O4S/c1-30-19-12-8-16(9-13-19)20-22(21(27)17-6-10-18(11-7-17)26(28)29)31-23(24-20)25-14-4-2-3-5-15-25/h6-13H,2-5,14-15H2,1H3. The number of ketones is 1. The molecule has 8 heteroatoms. The first-order chi connectivity index (χ1) is 15.1. The van der Waals surface area contributed by atoms with Crippen LogP contribution < -0.4 is 9.64 Å². The monoisotopic (exact) mass is 437 g/mol. The van der Waals surface area contributed by atoms with Gasteiger partial charge >= 0.3 is 0 Å². The lowest BCUT2D eigenvalue weighted by atomic mass is 10.0. The summed E-state index contributed by atoms with van der Waals surface area (Å²) >= 11 is 1.39. The number of nitrogens with zero attached hydrogens (tertiary/aromatic N) is 3. The van der Waals surface area contributed by atoms with Crippen LogP contribution >= 0.6 is 11.3 Å². The average molecular weight is 438 g/mol. The number of hydrogen-bond donors (Lipinski definition) is 0. The third-order valence-electron chi connectivity index (χ3n) is 5.40. The third-order valence-corrected chi connectivity index (χ3v) is 6.52. The minimum atomic E-state index is -0.471. The minimum Gasteiger partial charge on any atom is -0.497 e. The van der Waals surface area contributed by atoms with Crippen LogP contribution in [-0.4, -0.2) is 35.9 Å². The molecule has 7 nitrogen and oxygen atoms in total. The molecule has 0 bridgehead atoms. The first-order valence-electron chi connectivity index (χ1n) is 10.3. The molecule has 1 saturated heterocycles. The number of ether oxygens (including phenoxy) is 1. The van der Waals surface area contributed by atoms with Crippen LogP contribution in [0.4, 0.5) is 10.8 Å². The van der Waals surface area contributed by atoms with E-state index in [4.69, 9.17) is 9.72 Å². The third kappa shape index (κ3) is 4.59. The molecule has 0 saturated carbocycles. The number of rotatable bonds is 6. The van der Waals surface area contributed by atoms with Gasteiger partial charge in [-0.1, -0.05) is 24.2 Å². The number of anilines is 1. The molecular weight excluding hydrogens is 414 g/mol. The number of hydrogen-bond acceptors (Lipinski definition) is 7. The van der Waals surface area contributed by atoms with Crippen molar-refractivity contribution in [2.75, 3.05) is 25.1 Å². The Morgan fingerprint density at radius 3 is 2.26 bits per heavy atom. The van der Waals surface area contributed by atoms with E-state index in [1.807, 2.05) is 24.3 Å². The van der Waals surface area contributed by atoms with Crippen molar-refractivity contribution in [3.05, 3.63) is 69.1 Å². The van der Waals surface area contributed by atoms with Crippen LogP contribution in [0, 0.1) is 10.1 Å². The molecule has 160 valence electrons. The highest BCUT2D eigenvalue weighted by molar-refractivity contribution is 7.18. The van der Waals surface area contributed by atoms with Gasteiger partial charge in [0.25, 0.3) is 5.69 Å². The van der Waals surface area contributed by atoms with Crippen LogP contribution in [0.1, 0.15) is 40.9 Å². The molecule has 0 aliphatic carbocycles. The van der Waals surface area contributed by atoms with E-state index >= 15 is 0 Å². The van der Waals surface area contributed by atoms with Gasteiger partial charge in [0.1, 0.15) is 10.6 Å². The summed E-state index contributed by atoms with van der Waals surface area (Å²) in [7, 11) is 1.61. The maximum atomic E-state index is 13.4. The van der Waals surface area contributed by atoms with Crippen LogP contribution in [-0.2, 0) is 0 Å². The molecule has 0 spiro atoms. The fraction of sp³-hybridized carbons (Fsp3) is 0.304. The summed E-state index contributed by atoms with van der Waals surface area (Å²) in [6.45, 7) is 1.86. The van der Waals surface area contributed by atoms with E-state index in [9.17, 15) is 14.9 Å². The molecule has 0 radical (unpaired) electrons. The molecule has 2 heterocycles. The van der Waals surface area contributed by atoms with Gasteiger partial charge in [0.15, 0.2) is 5.13 Å². The van der Waals surface area contributed by atoms with Crippen molar-refractivity contribution in [2.45, 2.75) is 25.7 Å². The molecule has 0 amide bonds. The number of non-ortho nitro benzene ring substituents is 1. The molecule has 3 aromatic rings. The van der Waals surface area contributed by atoms with Gasteiger partial charge < -0.3 is 9.64 Å². The van der Waals surface area contributed by atoms with Gasteiger partial charge in [0.05, 0.1) is 17.7 Å². The van der Waals surface area contributed by atoms with Crippen LogP contribution in [0.25, 0.3) is 11.3 Å². The summed E-state index contributed by atoms with van der Waals surface area (Å²) in [6.07, 6.45) is 4.65. The Bertz CT molecular complexity index is 1070. The summed E-state index contributed by atoms with van der Waals surface area (Å²) in [5.41, 5.74) is 1.84. The van der Waals surface area contributed by atoms with Gasteiger partial charge in [-0.2, -0.15) is 0 Å². The highest BCUT2D eigenvalue weighted by atomic mass is 32.1. The second-order valence-electron chi connectivity index (χ2n) is 7.44. The average Bonchev–Trinajstić information content (AvgIpc) is 3.06. The van der Waals surface area contributed by atoms with E-state index in [-0.39, 0.29) is 11.5 Å². The highest BCUT2D eigenvalue weighted by Gasteiger charge is 2.24. The minimum absolute atomic E-state index is 0.0403. The van der Waals surface area contributed by atoms with Crippen molar-refractivity contribution in [1.82, 2.24) is 4.98 Å². The predicted molar refractivity (Wildman–Crippen MR) is 121 cm³/mol. The maximum Gasteiger partial charge on any atom is 0.269 e. The second-order valence-corrected chi connectivity index (χ2v) is 8.41. The summed E-state index contributed by atoms with van der Waals surface area (Å²) in [5.74, 6) is 0.550. The zero-order valence-electron chi connectivity index (χ0n) is 17.2. The predicted octanol–water partition coefficient (Wildman–Crippen LogP) is 5.34. The zero-order valence-corrected chi connectivity index (χ0v) is 18.1. The smallest absolute Gasteiger partial charge is 0.269 e. The molecule has 1 aliphatic heterocycles. The molecule has 31 heavy (non-hydrogen) atoms. The largest absolute Gasteiger partial charge is 0.497 e. The molecular formula is C23H23N3O4S. The molecule has 4 rings (SSSR count). The number of benzene rings is 2. The Balaban J connectivity index is 1.74. The summed E-state index contributed by atoms with van der Waals surface area (Å²) < 4.78 is 5.25. The molecule has 2 aromatic carbocycles. The first kappa shape index (κ1) is 21.0. The van der Waals surface area contributed by atoms with Gasteiger partial charge in [-0.05, 0) is 49.2 Å². The fourth-order valence-electron chi connectivity index (χ4n) is 3.67. The number of aromatic nitrogens is 1. The van der Waals surface area contributed by atoms with Gasteiger partial charge in [0, 0.05) is 36.3 Å². The van der Waals surface area contributed by atoms with E-state index in [0.29, 0.717) is 16.1 Å². The number of thiazole rings is 1. The van der Waals surface area contributed by atoms with Gasteiger partial charge in [-0.3, -0.25) is 14.9 Å². The quantitative estimate of drug-likeness (QED) is 0.294. The van der Waals surface area contributed by atoms with Crippen LogP contribution in [0.5, 0.6) is 5.75 Å². The van der Waals surface area contributed by atoms with Crippen molar-refractivity contribution in [3.63, 3.8) is 0 Å². The van der Waals surface area contributed by atoms with Crippen LogP contribution in [0.3, 0.4) is 0 Å². The van der Waals surface area contributed by atoms with E-state index in [1.54, 1.807) is 7.11 Å². The molecule has 1 aliphatic rings. The molecule has 1 fully saturated rings. The molecule has 0 N–H and O–H groups in total. The van der Waals surface area contributed by atoms with Crippen molar-refractivity contribution in [3.8, 4) is 17.0 Å². The Morgan fingerprint density at radius 1 is 1.03 bits per heavy atom. The molecule has 0 atom stereocenters. The number of nitro benzene ring substituents is 1.